The quantitative estimate of drug-likeness (QED) is 0.271. The molecule has 1 aliphatic rings. The molecular formula is C28H31F5N4O7. The molecule has 2 aromatic carbocycles. The van der Waals surface area contributed by atoms with Crippen molar-refractivity contribution in [3.8, 4) is 22.8 Å². The summed E-state index contributed by atoms with van der Waals surface area (Å²) in [5, 5.41) is 6.92. The predicted molar refractivity (Wildman–Crippen MR) is 144 cm³/mol. The molecule has 1 saturated heterocycles. The Bertz CT molecular complexity index is 1370. The van der Waals surface area contributed by atoms with Crippen molar-refractivity contribution in [3.63, 3.8) is 0 Å². The van der Waals surface area contributed by atoms with Gasteiger partial charge in [0.25, 0.3) is 0 Å². The van der Waals surface area contributed by atoms with Crippen molar-refractivity contribution in [3.05, 3.63) is 54.9 Å². The van der Waals surface area contributed by atoms with E-state index in [-0.39, 0.29) is 5.82 Å². The van der Waals surface area contributed by atoms with E-state index in [0.717, 1.165) is 18.6 Å². The number of carbonyl (C=O) groups excluding carboxylic acids is 1. The topological polar surface area (TPSA) is 115 Å². The molecule has 5 atom stereocenters. The van der Waals surface area contributed by atoms with Gasteiger partial charge in [-0.1, -0.05) is 6.92 Å². The summed E-state index contributed by atoms with van der Waals surface area (Å²) >= 11 is 0. The number of aromatic nitrogens is 3. The second-order valence-electron chi connectivity index (χ2n) is 9.68. The van der Waals surface area contributed by atoms with E-state index in [2.05, 4.69) is 20.1 Å². The number of amides is 1. The van der Waals surface area contributed by atoms with Crippen LogP contribution < -0.4 is 10.1 Å². The standard InChI is InChI=1S/C28H31F5N4O7/c1-5-14-41-22-21(39-3)16(2)42-25(23(22)40-4)43-26(38)35-18-8-6-17(7-9-18)24-34-15-37(36-24)19-10-12-20(13-11-19)44-28(32,33)27(29,30)31/h6-13,15-16,21-23,25H,5,14H2,1-4H3,(H,35,38)/t16-,21-,22+,23+,25?/m0/s1. The van der Waals surface area contributed by atoms with Gasteiger partial charge < -0.3 is 28.4 Å². The normalized spacial score (nSPS) is 22.4. The highest BCUT2D eigenvalue weighted by molar-refractivity contribution is 5.85. The number of benzene rings is 2. The van der Waals surface area contributed by atoms with Crippen LogP contribution in [-0.4, -0.2) is 84.7 Å². The first-order valence-electron chi connectivity index (χ1n) is 13.4. The van der Waals surface area contributed by atoms with Crippen molar-refractivity contribution >= 4 is 11.8 Å². The lowest BCUT2D eigenvalue weighted by atomic mass is 9.99. The number of hydrogen-bond donors (Lipinski definition) is 1. The maximum absolute atomic E-state index is 13.1. The van der Waals surface area contributed by atoms with Gasteiger partial charge in [0.05, 0.1) is 11.8 Å². The van der Waals surface area contributed by atoms with Crippen LogP contribution in [0.2, 0.25) is 0 Å². The van der Waals surface area contributed by atoms with Gasteiger partial charge in [-0.3, -0.25) is 5.32 Å². The van der Waals surface area contributed by atoms with Crippen LogP contribution in [-0.2, 0) is 23.7 Å². The van der Waals surface area contributed by atoms with Gasteiger partial charge in [0, 0.05) is 32.1 Å². The summed E-state index contributed by atoms with van der Waals surface area (Å²) in [6.45, 7) is 4.22. The summed E-state index contributed by atoms with van der Waals surface area (Å²) in [6, 6.07) is 10.9. The Balaban J connectivity index is 1.37. The van der Waals surface area contributed by atoms with Crippen LogP contribution >= 0.6 is 0 Å². The molecule has 0 saturated carbocycles. The summed E-state index contributed by atoms with van der Waals surface area (Å²) in [4.78, 5) is 16.9. The van der Waals surface area contributed by atoms with Crippen LogP contribution in [0.3, 0.4) is 0 Å². The first-order valence-corrected chi connectivity index (χ1v) is 13.4. The van der Waals surface area contributed by atoms with E-state index in [0.29, 0.717) is 23.5 Å². The highest BCUT2D eigenvalue weighted by Gasteiger charge is 2.61. The monoisotopic (exact) mass is 630 g/mol. The molecule has 16 heteroatoms. The first-order chi connectivity index (χ1) is 20.9. The molecule has 1 N–H and O–H groups in total. The number of nitrogens with one attached hydrogen (secondary N) is 1. The summed E-state index contributed by atoms with van der Waals surface area (Å²) in [6.07, 6.45) is -13.0. The number of ether oxygens (including phenoxy) is 6. The maximum atomic E-state index is 13.1. The van der Waals surface area contributed by atoms with Crippen LogP contribution in [0.15, 0.2) is 54.9 Å². The average Bonchev–Trinajstić information content (AvgIpc) is 3.46. The van der Waals surface area contributed by atoms with Gasteiger partial charge in [0.2, 0.25) is 6.29 Å². The van der Waals surface area contributed by atoms with Crippen molar-refractivity contribution in [2.45, 2.75) is 63.3 Å². The fourth-order valence-corrected chi connectivity index (χ4v) is 4.43. The fourth-order valence-electron chi connectivity index (χ4n) is 4.43. The van der Waals surface area contributed by atoms with Gasteiger partial charge in [0.15, 0.2) is 5.82 Å². The van der Waals surface area contributed by atoms with Crippen LogP contribution in [0.5, 0.6) is 5.75 Å². The Labute approximate surface area is 249 Å². The van der Waals surface area contributed by atoms with Crippen molar-refractivity contribution in [2.75, 3.05) is 26.1 Å². The third kappa shape index (κ3) is 7.61. The number of halogens is 5. The Morgan fingerprint density at radius 2 is 1.64 bits per heavy atom. The Kier molecular flexibility index (Phi) is 10.4. The molecule has 3 aromatic rings. The first kappa shape index (κ1) is 33.0. The second-order valence-corrected chi connectivity index (χ2v) is 9.68. The van der Waals surface area contributed by atoms with Crippen molar-refractivity contribution in [1.82, 2.24) is 14.8 Å². The number of nitrogens with zero attached hydrogens (tertiary/aromatic N) is 3. The van der Waals surface area contributed by atoms with Gasteiger partial charge in [-0.2, -0.15) is 22.0 Å². The number of anilines is 1. The average molecular weight is 631 g/mol. The van der Waals surface area contributed by atoms with Crippen LogP contribution in [0, 0.1) is 0 Å². The smallest absolute Gasteiger partial charge is 0.426 e. The molecule has 1 aliphatic heterocycles. The van der Waals surface area contributed by atoms with Gasteiger partial charge in [-0.15, -0.1) is 5.10 Å². The van der Waals surface area contributed by atoms with E-state index in [9.17, 15) is 26.7 Å². The molecule has 0 radical (unpaired) electrons. The third-order valence-electron chi connectivity index (χ3n) is 6.57. The minimum Gasteiger partial charge on any atom is -0.426 e. The fraction of sp³-hybridized carbons (Fsp3) is 0.464. The molecule has 44 heavy (non-hydrogen) atoms. The number of hydrogen-bond acceptors (Lipinski definition) is 9. The van der Waals surface area contributed by atoms with E-state index < -0.39 is 54.8 Å². The number of methoxy groups -OCH3 is 2. The van der Waals surface area contributed by atoms with Crippen LogP contribution in [0.1, 0.15) is 20.3 Å². The third-order valence-corrected chi connectivity index (χ3v) is 6.57. The summed E-state index contributed by atoms with van der Waals surface area (Å²) in [5.74, 6) is -0.398. The summed E-state index contributed by atoms with van der Waals surface area (Å²) in [5.41, 5.74) is 1.30. The van der Waals surface area contributed by atoms with Crippen molar-refractivity contribution in [2.24, 2.45) is 0 Å². The molecule has 2 heterocycles. The molecule has 1 unspecified atom stereocenters. The van der Waals surface area contributed by atoms with Gasteiger partial charge in [-0.25, -0.2) is 14.5 Å². The zero-order chi connectivity index (χ0) is 32.1. The highest BCUT2D eigenvalue weighted by Crippen LogP contribution is 2.37. The van der Waals surface area contributed by atoms with Gasteiger partial charge >= 0.3 is 18.4 Å². The lowest BCUT2D eigenvalue weighted by Gasteiger charge is -2.43. The molecule has 1 fully saturated rings. The van der Waals surface area contributed by atoms with Crippen LogP contribution in [0.4, 0.5) is 32.4 Å². The molecule has 0 aliphatic carbocycles. The molecule has 0 spiro atoms. The Hall–Kier alpha value is -3.86. The Morgan fingerprint density at radius 1 is 0.977 bits per heavy atom. The highest BCUT2D eigenvalue weighted by atomic mass is 19.4. The second kappa shape index (κ2) is 13.8. The minimum atomic E-state index is -5.85. The zero-order valence-corrected chi connectivity index (χ0v) is 24.1. The minimum absolute atomic E-state index is 0.279. The van der Waals surface area contributed by atoms with Gasteiger partial charge in [-0.05, 0) is 61.9 Å². The van der Waals surface area contributed by atoms with E-state index >= 15 is 0 Å². The van der Waals surface area contributed by atoms with Gasteiger partial charge in [0.1, 0.15) is 30.4 Å². The molecule has 0 bridgehead atoms. The van der Waals surface area contributed by atoms with Crippen molar-refractivity contribution in [1.29, 1.82) is 0 Å². The Morgan fingerprint density at radius 3 is 2.23 bits per heavy atom. The number of rotatable bonds is 11. The summed E-state index contributed by atoms with van der Waals surface area (Å²) in [7, 11) is 3.01. The van der Waals surface area contributed by atoms with E-state index in [1.54, 1.807) is 38.3 Å². The SMILES string of the molecule is CCCO[C@@H]1[C@@H](OC)[C@H](C)OC(OC(=O)Nc2ccc(-c3ncn(-c4ccc(OC(F)(F)C(F)(F)F)cc4)n3)cc2)[C@@H]1OC. The molecule has 1 aromatic heterocycles. The van der Waals surface area contributed by atoms with Crippen molar-refractivity contribution < 1.29 is 55.2 Å². The van der Waals surface area contributed by atoms with Crippen LogP contribution in [0.25, 0.3) is 17.1 Å². The molecule has 4 rings (SSSR count). The van der Waals surface area contributed by atoms with E-state index in [4.69, 9.17) is 23.7 Å². The lowest BCUT2D eigenvalue weighted by Crippen LogP contribution is -2.60. The lowest BCUT2D eigenvalue weighted by molar-refractivity contribution is -0.360. The maximum Gasteiger partial charge on any atom is 0.499 e. The summed E-state index contributed by atoms with van der Waals surface area (Å²) < 4.78 is 96.9. The molecule has 1 amide bonds. The van der Waals surface area contributed by atoms with E-state index in [1.165, 1.54) is 30.3 Å². The molecule has 11 nitrogen and oxygen atoms in total. The zero-order valence-electron chi connectivity index (χ0n) is 24.1. The molecule has 240 valence electrons. The molecular weight excluding hydrogens is 599 g/mol. The van der Waals surface area contributed by atoms with E-state index in [1.807, 2.05) is 6.92 Å². The predicted octanol–water partition coefficient (Wildman–Crippen LogP) is 5.59. The largest absolute Gasteiger partial charge is 0.499 e. The number of carbonyl (C=O) groups is 1. The number of alkyl halides is 5.